The summed E-state index contributed by atoms with van der Waals surface area (Å²) in [4.78, 5) is 79.7. The topological polar surface area (TPSA) is 81.2 Å². The zero-order valence-corrected chi connectivity index (χ0v) is 68.1. The molecule has 4 aliphatic heterocycles. The Bertz CT molecular complexity index is 3620. The summed E-state index contributed by atoms with van der Waals surface area (Å²) in [6, 6.07) is 33.8. The fourth-order valence-electron chi connectivity index (χ4n) is 13.0. The Kier molecular flexibility index (Phi) is 27.4. The van der Waals surface area contributed by atoms with Crippen LogP contribution in [0.25, 0.3) is 61.8 Å². The first kappa shape index (κ1) is 73.6. The number of rotatable bonds is 36. The molecule has 8 aromatic rings. The molecule has 4 amide bonds. The molecule has 0 saturated carbocycles. The number of amides is 4. The zero-order valence-electron chi connectivity index (χ0n) is 55.2. The van der Waals surface area contributed by atoms with Crippen molar-refractivity contribution in [3.05, 3.63) is 154 Å². The predicted octanol–water partition coefficient (Wildman–Crippen LogP) is 26.6. The third-order valence-corrected chi connectivity index (χ3v) is 29.6. The fourth-order valence-corrected chi connectivity index (χ4v) is 23.2. The van der Waals surface area contributed by atoms with Crippen molar-refractivity contribution in [3.63, 3.8) is 0 Å². The minimum atomic E-state index is -0.0232. The Morgan fingerprint density at radius 2 is 0.396 bits per heavy atom. The van der Waals surface area contributed by atoms with Gasteiger partial charge in [0.05, 0.1) is 79.7 Å². The summed E-state index contributed by atoms with van der Waals surface area (Å²) in [5.74, 6) is -0.0926. The van der Waals surface area contributed by atoms with Crippen LogP contribution < -0.4 is 0 Å². The van der Waals surface area contributed by atoms with Crippen LogP contribution in [0.3, 0.4) is 0 Å². The minimum absolute atomic E-state index is 0.0232. The van der Waals surface area contributed by atoms with E-state index in [1.165, 1.54) is 122 Å². The second kappa shape index (κ2) is 35.8. The van der Waals surface area contributed by atoms with Crippen LogP contribution in [0.4, 0.5) is 0 Å². The maximum atomic E-state index is 14.7. The fraction of sp³-hybridized carbons (Fsp3) is 0.421. The second-order valence-electron chi connectivity index (χ2n) is 24.9. The number of carbonyl (C=O) groups is 4. The molecule has 0 atom stereocenters. The minimum Gasteiger partial charge on any atom is -0.306 e. The standard InChI is InChI=1S/2C38H42Br2N2O2S4/c2*1-3-5-7-9-11-13-23-41-35(29-17-15-25(45-29)27-19-21-31(39)47-27)33-34(37(41)43)36(42(38(33)44)24-14-12-10-8-6-4-2)30-18-16-26(46-30)28-20-22-32(40)48-28/h2*15-22H,3-14,23-24H2,1-2H3. The first-order valence-electron chi connectivity index (χ1n) is 34.5. The molecule has 12 rings (SSSR count). The number of fused-ring (bicyclic) bond motifs is 2. The lowest BCUT2D eigenvalue weighted by Gasteiger charge is -2.24. The highest BCUT2D eigenvalue weighted by Gasteiger charge is 2.51. The van der Waals surface area contributed by atoms with E-state index < -0.39 is 0 Å². The molecule has 0 N–H and O–H groups in total. The molecule has 96 heavy (non-hydrogen) atoms. The van der Waals surface area contributed by atoms with Gasteiger partial charge in [0.15, 0.2) is 0 Å². The Hall–Kier alpha value is -3.64. The van der Waals surface area contributed by atoms with Gasteiger partial charge in [-0.15, -0.1) is 90.7 Å². The second-order valence-corrected chi connectivity index (χ2v) is 39.1. The van der Waals surface area contributed by atoms with Crippen LogP contribution in [0.1, 0.15) is 201 Å². The third kappa shape index (κ3) is 17.3. The van der Waals surface area contributed by atoms with E-state index in [1.54, 1.807) is 90.7 Å². The molecule has 4 aliphatic rings. The Labute approximate surface area is 633 Å². The molecule has 0 fully saturated rings. The van der Waals surface area contributed by atoms with Gasteiger partial charge in [-0.1, -0.05) is 156 Å². The van der Waals surface area contributed by atoms with E-state index in [9.17, 15) is 19.2 Å². The lowest BCUT2D eigenvalue weighted by Crippen LogP contribution is -2.30. The van der Waals surface area contributed by atoms with Crippen molar-refractivity contribution in [3.8, 4) is 39.0 Å². The van der Waals surface area contributed by atoms with Gasteiger partial charge in [0, 0.05) is 65.2 Å². The summed E-state index contributed by atoms with van der Waals surface area (Å²) < 4.78 is 4.36. The van der Waals surface area contributed by atoms with Gasteiger partial charge in [0.1, 0.15) is 0 Å². The zero-order chi connectivity index (χ0) is 67.2. The summed E-state index contributed by atoms with van der Waals surface area (Å²) in [5, 5.41) is 0. The van der Waals surface area contributed by atoms with Crippen molar-refractivity contribution >= 4 is 201 Å². The average molecular weight is 1690 g/mol. The smallest absolute Gasteiger partial charge is 0.261 e. The van der Waals surface area contributed by atoms with Crippen LogP contribution >= 0.6 is 154 Å². The Morgan fingerprint density at radius 3 is 0.583 bits per heavy atom. The van der Waals surface area contributed by atoms with Gasteiger partial charge < -0.3 is 19.6 Å². The molecule has 0 spiro atoms. The number of halogens is 4. The molecule has 0 radical (unpaired) electrons. The molecule has 508 valence electrons. The van der Waals surface area contributed by atoms with E-state index in [0.29, 0.717) is 48.5 Å². The normalized spacial score (nSPS) is 14.8. The highest BCUT2D eigenvalue weighted by atomic mass is 79.9. The van der Waals surface area contributed by atoms with Crippen molar-refractivity contribution in [2.75, 3.05) is 26.2 Å². The van der Waals surface area contributed by atoms with E-state index in [0.717, 1.165) is 128 Å². The SMILES string of the molecule is CCCCCCCCN1C(=O)C2=C(c3ccc(-c4ccc(Br)s4)s3)N(CCCCCCCC)C(=O)C2=C1c1ccc(-c2ccc(Br)s2)s1.CCCCCCCCN1C(=O)C2=C(c3ccc(-c4ccc(Br)s4)s3)N(CCCCCCCC)C(=O)C2=C1c1ccc(-c2ccc(Br)s2)s1. The summed E-state index contributed by atoms with van der Waals surface area (Å²) in [7, 11) is 0. The molecule has 0 unspecified atom stereocenters. The van der Waals surface area contributed by atoms with Crippen LogP contribution in [-0.2, 0) is 19.2 Å². The van der Waals surface area contributed by atoms with E-state index >= 15 is 0 Å². The van der Waals surface area contributed by atoms with E-state index in [-0.39, 0.29) is 23.6 Å². The predicted molar refractivity (Wildman–Crippen MR) is 429 cm³/mol. The maximum Gasteiger partial charge on any atom is 0.261 e. The lowest BCUT2D eigenvalue weighted by atomic mass is 10.1. The summed E-state index contributed by atoms with van der Waals surface area (Å²) in [6.07, 6.45) is 27.5. The first-order valence-corrected chi connectivity index (χ1v) is 44.2. The van der Waals surface area contributed by atoms with Crippen molar-refractivity contribution in [2.45, 2.75) is 182 Å². The lowest BCUT2D eigenvalue weighted by molar-refractivity contribution is -0.124. The number of unbranched alkanes of at least 4 members (excludes halogenated alkanes) is 20. The number of nitrogens with zero attached hydrogens (tertiary/aromatic N) is 4. The van der Waals surface area contributed by atoms with Crippen molar-refractivity contribution < 1.29 is 19.2 Å². The highest BCUT2D eigenvalue weighted by molar-refractivity contribution is 9.11. The van der Waals surface area contributed by atoms with Gasteiger partial charge in [-0.2, -0.15) is 0 Å². The quantitative estimate of drug-likeness (QED) is 0.0367. The Balaban J connectivity index is 0.000000195. The number of hydrogen-bond donors (Lipinski definition) is 0. The van der Waals surface area contributed by atoms with Gasteiger partial charge in [0.25, 0.3) is 23.6 Å². The van der Waals surface area contributed by atoms with E-state index in [2.05, 4.69) is 188 Å². The number of hydrogen-bond acceptors (Lipinski definition) is 12. The van der Waals surface area contributed by atoms with Crippen LogP contribution in [0, 0.1) is 0 Å². The molecule has 0 saturated heterocycles. The van der Waals surface area contributed by atoms with Gasteiger partial charge in [-0.3, -0.25) is 19.2 Å². The Morgan fingerprint density at radius 1 is 0.229 bits per heavy atom. The summed E-state index contributed by atoms with van der Waals surface area (Å²) >= 11 is 28.0. The molecule has 0 bridgehead atoms. The van der Waals surface area contributed by atoms with Crippen molar-refractivity contribution in [1.82, 2.24) is 19.6 Å². The van der Waals surface area contributed by atoms with Crippen molar-refractivity contribution in [2.24, 2.45) is 0 Å². The molecular weight excluding hydrogens is 1610 g/mol. The number of carbonyl (C=O) groups excluding carboxylic acids is 4. The van der Waals surface area contributed by atoms with Crippen LogP contribution in [-0.4, -0.2) is 69.4 Å². The molecule has 8 nitrogen and oxygen atoms in total. The number of thiophene rings is 8. The molecular formula is C76H84Br4N4O4S8. The maximum absolute atomic E-state index is 14.7. The molecule has 20 heteroatoms. The van der Waals surface area contributed by atoms with E-state index in [4.69, 9.17) is 0 Å². The van der Waals surface area contributed by atoms with Gasteiger partial charge in [-0.05, 0) is 186 Å². The molecule has 12 heterocycles. The molecule has 0 aromatic carbocycles. The molecule has 0 aliphatic carbocycles. The third-order valence-electron chi connectivity index (χ3n) is 17.9. The van der Waals surface area contributed by atoms with Crippen LogP contribution in [0.2, 0.25) is 0 Å². The summed E-state index contributed by atoms with van der Waals surface area (Å²) in [5.41, 5.74) is 5.63. The van der Waals surface area contributed by atoms with Crippen LogP contribution in [0.15, 0.2) is 134 Å². The first-order chi connectivity index (χ1) is 46.8. The van der Waals surface area contributed by atoms with Gasteiger partial charge >= 0.3 is 0 Å². The highest BCUT2D eigenvalue weighted by Crippen LogP contribution is 2.53. The average Bonchev–Trinajstić information content (AvgIpc) is 1.57. The summed E-state index contributed by atoms with van der Waals surface area (Å²) in [6.45, 7) is 11.4. The van der Waals surface area contributed by atoms with Crippen molar-refractivity contribution in [1.29, 1.82) is 0 Å². The van der Waals surface area contributed by atoms with Crippen LogP contribution in [0.5, 0.6) is 0 Å². The van der Waals surface area contributed by atoms with Gasteiger partial charge in [-0.25, -0.2) is 0 Å². The largest absolute Gasteiger partial charge is 0.306 e. The van der Waals surface area contributed by atoms with Gasteiger partial charge in [0.2, 0.25) is 0 Å². The van der Waals surface area contributed by atoms with E-state index in [1.807, 2.05) is 19.6 Å². The monoisotopic (exact) mass is 1690 g/mol. The molecule has 8 aromatic heterocycles.